The van der Waals surface area contributed by atoms with Crippen LogP contribution in [0.25, 0.3) is 0 Å². The number of rotatable bonds is 6. The molecule has 0 bridgehead atoms. The van der Waals surface area contributed by atoms with E-state index in [4.69, 9.17) is 0 Å². The van der Waals surface area contributed by atoms with Gasteiger partial charge < -0.3 is 5.32 Å². The maximum atomic E-state index is 14.1. The first kappa shape index (κ1) is 17.9. The predicted molar refractivity (Wildman–Crippen MR) is 99.2 cm³/mol. The van der Waals surface area contributed by atoms with E-state index in [-0.39, 0.29) is 11.7 Å². The largest absolute Gasteiger partial charge is 0.353 e. The third kappa shape index (κ3) is 3.82. The first-order valence-electron chi connectivity index (χ1n) is 8.56. The molecule has 1 aromatic heterocycles. The highest BCUT2D eigenvalue weighted by Gasteiger charge is 2.28. The predicted octanol–water partition coefficient (Wildman–Crippen LogP) is 3.71. The maximum absolute atomic E-state index is 14.1. The molecule has 0 aliphatic carbocycles. The van der Waals surface area contributed by atoms with Crippen LogP contribution in [0.3, 0.4) is 0 Å². The van der Waals surface area contributed by atoms with Crippen LogP contribution < -0.4 is 5.32 Å². The number of hydrogen-bond donors (Lipinski definition) is 1. The molecule has 5 heteroatoms. The Morgan fingerprint density at radius 2 is 1.81 bits per heavy atom. The molecule has 0 aliphatic heterocycles. The van der Waals surface area contributed by atoms with Crippen LogP contribution in [0.15, 0.2) is 73.1 Å². The van der Waals surface area contributed by atoms with Gasteiger partial charge in [0.1, 0.15) is 5.82 Å². The van der Waals surface area contributed by atoms with Crippen molar-refractivity contribution in [3.8, 4) is 0 Å². The minimum atomic E-state index is -0.567. The Kier molecular flexibility index (Phi) is 5.16. The Morgan fingerprint density at radius 3 is 2.46 bits per heavy atom. The summed E-state index contributed by atoms with van der Waals surface area (Å²) in [6, 6.07) is 17.4. The summed E-state index contributed by atoms with van der Waals surface area (Å²) in [4.78, 5) is 12.9. The normalized spacial score (nSPS) is 12.6. The minimum Gasteiger partial charge on any atom is -0.353 e. The van der Waals surface area contributed by atoms with Crippen LogP contribution in [0.2, 0.25) is 0 Å². The van der Waals surface area contributed by atoms with Crippen LogP contribution in [0.4, 0.5) is 4.39 Å². The zero-order valence-corrected chi connectivity index (χ0v) is 14.9. The molecule has 1 N–H and O–H groups in total. The summed E-state index contributed by atoms with van der Waals surface area (Å²) >= 11 is 0. The highest BCUT2D eigenvalue weighted by atomic mass is 19.1. The molecular weight excluding hydrogens is 329 g/mol. The molecule has 3 rings (SSSR count). The fourth-order valence-electron chi connectivity index (χ4n) is 3.00. The van der Waals surface area contributed by atoms with Crippen LogP contribution in [-0.4, -0.2) is 22.2 Å². The highest BCUT2D eigenvalue weighted by Crippen LogP contribution is 2.25. The SMILES string of the molecule is CC(C)(CNC(=O)C(c1ccccc1)n1cccn1)c1ccccc1F. The lowest BCUT2D eigenvalue weighted by atomic mass is 9.84. The van der Waals surface area contributed by atoms with E-state index in [1.54, 1.807) is 41.3 Å². The van der Waals surface area contributed by atoms with Gasteiger partial charge in [-0.05, 0) is 23.3 Å². The highest BCUT2D eigenvalue weighted by molar-refractivity contribution is 5.83. The van der Waals surface area contributed by atoms with Crippen LogP contribution in [0, 0.1) is 5.82 Å². The number of aromatic nitrogens is 2. The average Bonchev–Trinajstić information content (AvgIpc) is 3.16. The molecule has 0 saturated carbocycles. The summed E-state index contributed by atoms with van der Waals surface area (Å²) in [6.45, 7) is 4.14. The second-order valence-corrected chi connectivity index (χ2v) is 6.88. The van der Waals surface area contributed by atoms with Crippen LogP contribution in [0.1, 0.15) is 31.0 Å². The number of nitrogens with zero attached hydrogens (tertiary/aromatic N) is 2. The van der Waals surface area contributed by atoms with Crippen molar-refractivity contribution in [3.05, 3.63) is 90.0 Å². The lowest BCUT2D eigenvalue weighted by Gasteiger charge is -2.27. The molecule has 1 heterocycles. The van der Waals surface area contributed by atoms with E-state index in [1.165, 1.54) is 6.07 Å². The Balaban J connectivity index is 1.80. The standard InChI is InChI=1S/C21H22FN3O/c1-21(2,17-11-6-7-12-18(17)22)15-23-20(26)19(25-14-8-13-24-25)16-9-4-3-5-10-16/h3-14,19H,15H2,1-2H3,(H,23,26). The third-order valence-corrected chi connectivity index (χ3v) is 4.46. The van der Waals surface area contributed by atoms with Crippen LogP contribution in [0.5, 0.6) is 0 Å². The van der Waals surface area contributed by atoms with Crippen molar-refractivity contribution in [2.75, 3.05) is 6.54 Å². The number of carbonyl (C=O) groups excluding carboxylic acids is 1. The Morgan fingerprint density at radius 1 is 1.12 bits per heavy atom. The molecule has 134 valence electrons. The number of carbonyl (C=O) groups is 1. The second kappa shape index (κ2) is 7.52. The molecule has 1 unspecified atom stereocenters. The number of halogens is 1. The van der Waals surface area contributed by atoms with Crippen molar-refractivity contribution in [2.24, 2.45) is 0 Å². The molecular formula is C21H22FN3O. The van der Waals surface area contributed by atoms with Gasteiger partial charge >= 0.3 is 0 Å². The van der Waals surface area contributed by atoms with E-state index in [2.05, 4.69) is 10.4 Å². The number of amides is 1. The van der Waals surface area contributed by atoms with E-state index in [0.29, 0.717) is 12.1 Å². The van der Waals surface area contributed by atoms with Crippen molar-refractivity contribution < 1.29 is 9.18 Å². The second-order valence-electron chi connectivity index (χ2n) is 6.88. The quantitative estimate of drug-likeness (QED) is 0.736. The van der Waals surface area contributed by atoms with Gasteiger partial charge in [0, 0.05) is 24.4 Å². The summed E-state index contributed by atoms with van der Waals surface area (Å²) in [5.41, 5.74) is 0.889. The monoisotopic (exact) mass is 351 g/mol. The topological polar surface area (TPSA) is 46.9 Å². The van der Waals surface area contributed by atoms with Gasteiger partial charge in [0.15, 0.2) is 6.04 Å². The molecule has 1 atom stereocenters. The molecule has 0 radical (unpaired) electrons. The summed E-state index contributed by atoms with van der Waals surface area (Å²) in [7, 11) is 0. The van der Waals surface area contributed by atoms with Gasteiger partial charge in [-0.2, -0.15) is 5.10 Å². The molecule has 0 fully saturated rings. The lowest BCUT2D eigenvalue weighted by molar-refractivity contribution is -0.123. The van der Waals surface area contributed by atoms with E-state index < -0.39 is 11.5 Å². The van der Waals surface area contributed by atoms with Gasteiger partial charge in [0.25, 0.3) is 0 Å². The van der Waals surface area contributed by atoms with E-state index in [1.807, 2.05) is 44.2 Å². The first-order valence-corrected chi connectivity index (χ1v) is 8.56. The van der Waals surface area contributed by atoms with Gasteiger partial charge in [0.05, 0.1) is 0 Å². The van der Waals surface area contributed by atoms with Crippen molar-refractivity contribution in [3.63, 3.8) is 0 Å². The van der Waals surface area contributed by atoms with Gasteiger partial charge in [0.2, 0.25) is 5.91 Å². The fraction of sp³-hybridized carbons (Fsp3) is 0.238. The molecule has 1 amide bonds. The van der Waals surface area contributed by atoms with Crippen molar-refractivity contribution in [1.29, 1.82) is 0 Å². The molecule has 0 saturated heterocycles. The summed E-state index contributed by atoms with van der Waals surface area (Å²) in [5, 5.41) is 7.20. The van der Waals surface area contributed by atoms with Crippen molar-refractivity contribution >= 4 is 5.91 Å². The first-order chi connectivity index (χ1) is 12.5. The van der Waals surface area contributed by atoms with Gasteiger partial charge in [-0.1, -0.05) is 62.4 Å². The van der Waals surface area contributed by atoms with Crippen molar-refractivity contribution in [1.82, 2.24) is 15.1 Å². The van der Waals surface area contributed by atoms with E-state index in [0.717, 1.165) is 5.56 Å². The number of hydrogen-bond acceptors (Lipinski definition) is 2. The Labute approximate surface area is 152 Å². The summed E-state index contributed by atoms with van der Waals surface area (Å²) in [5.74, 6) is -0.442. The van der Waals surface area contributed by atoms with Crippen LogP contribution in [-0.2, 0) is 10.2 Å². The minimum absolute atomic E-state index is 0.177. The molecule has 0 spiro atoms. The van der Waals surface area contributed by atoms with Crippen LogP contribution >= 0.6 is 0 Å². The Hall–Kier alpha value is -2.95. The molecule has 3 aromatic rings. The summed E-state index contributed by atoms with van der Waals surface area (Å²) < 4.78 is 15.8. The Bertz CT molecular complexity index is 860. The van der Waals surface area contributed by atoms with E-state index in [9.17, 15) is 9.18 Å². The smallest absolute Gasteiger partial charge is 0.249 e. The van der Waals surface area contributed by atoms with Gasteiger partial charge in [-0.3, -0.25) is 9.48 Å². The molecule has 4 nitrogen and oxygen atoms in total. The zero-order valence-electron chi connectivity index (χ0n) is 14.9. The molecule has 2 aromatic carbocycles. The number of nitrogens with one attached hydrogen (secondary N) is 1. The number of benzene rings is 2. The molecule has 26 heavy (non-hydrogen) atoms. The summed E-state index contributed by atoms with van der Waals surface area (Å²) in [6.07, 6.45) is 3.41. The third-order valence-electron chi connectivity index (χ3n) is 4.46. The molecule has 0 aliphatic rings. The van der Waals surface area contributed by atoms with E-state index >= 15 is 0 Å². The van der Waals surface area contributed by atoms with Gasteiger partial charge in [-0.15, -0.1) is 0 Å². The van der Waals surface area contributed by atoms with Gasteiger partial charge in [-0.25, -0.2) is 4.39 Å². The fourth-order valence-corrected chi connectivity index (χ4v) is 3.00. The van der Waals surface area contributed by atoms with Crippen molar-refractivity contribution in [2.45, 2.75) is 25.3 Å². The lowest BCUT2D eigenvalue weighted by Crippen LogP contribution is -2.41. The zero-order chi connectivity index (χ0) is 18.6. The maximum Gasteiger partial charge on any atom is 0.249 e. The average molecular weight is 351 g/mol.